The Morgan fingerprint density at radius 1 is 1.38 bits per heavy atom. The Bertz CT molecular complexity index is 642. The van der Waals surface area contributed by atoms with Crippen LogP contribution in [0.2, 0.25) is 0 Å². The van der Waals surface area contributed by atoms with Crippen LogP contribution in [0.4, 0.5) is 4.39 Å². The molecule has 1 saturated heterocycles. The van der Waals surface area contributed by atoms with Crippen molar-refractivity contribution in [2.24, 2.45) is 16.8 Å². The van der Waals surface area contributed by atoms with E-state index in [1.54, 1.807) is 26.3 Å². The molecule has 1 aliphatic rings. The van der Waals surface area contributed by atoms with Crippen molar-refractivity contribution in [2.75, 3.05) is 34.4 Å². The first-order valence-electron chi connectivity index (χ1n) is 8.29. The van der Waals surface area contributed by atoms with Crippen molar-refractivity contribution in [1.82, 2.24) is 10.2 Å². The molecule has 0 amide bonds. The summed E-state index contributed by atoms with van der Waals surface area (Å²) >= 11 is 0. The van der Waals surface area contributed by atoms with Gasteiger partial charge in [0.2, 0.25) is 0 Å². The molecule has 1 heterocycles. The summed E-state index contributed by atoms with van der Waals surface area (Å²) in [6.45, 7) is 4.09. The molecular formula is C18H27FIN3O3. The molecule has 0 bridgehead atoms. The van der Waals surface area contributed by atoms with E-state index in [-0.39, 0.29) is 54.2 Å². The Balaban J connectivity index is 0.00000338. The van der Waals surface area contributed by atoms with Crippen LogP contribution in [0.5, 0.6) is 0 Å². The number of nitrogens with one attached hydrogen (secondary N) is 1. The minimum Gasteiger partial charge on any atom is -0.469 e. The number of hydrogen-bond donors (Lipinski definition) is 1. The lowest BCUT2D eigenvalue weighted by molar-refractivity contribution is -0.145. The summed E-state index contributed by atoms with van der Waals surface area (Å²) in [5, 5.41) is 3.28. The highest BCUT2D eigenvalue weighted by Gasteiger charge is 2.36. The van der Waals surface area contributed by atoms with Crippen LogP contribution >= 0.6 is 24.0 Å². The monoisotopic (exact) mass is 479 g/mol. The lowest BCUT2D eigenvalue weighted by Crippen LogP contribution is -2.40. The van der Waals surface area contributed by atoms with Crippen molar-refractivity contribution >= 4 is 35.9 Å². The maximum absolute atomic E-state index is 13.7. The van der Waals surface area contributed by atoms with Crippen molar-refractivity contribution in [2.45, 2.75) is 20.1 Å². The number of carbonyl (C=O) groups is 1. The first-order chi connectivity index (χ1) is 12.0. The molecule has 0 radical (unpaired) electrons. The van der Waals surface area contributed by atoms with Crippen LogP contribution in [0, 0.1) is 17.7 Å². The van der Waals surface area contributed by atoms with Crippen molar-refractivity contribution < 1.29 is 18.7 Å². The molecule has 1 aromatic carbocycles. The van der Waals surface area contributed by atoms with E-state index in [1.807, 2.05) is 11.8 Å². The normalized spacial score (nSPS) is 19.9. The Hall–Kier alpha value is -1.42. The lowest BCUT2D eigenvalue weighted by atomic mass is 9.99. The van der Waals surface area contributed by atoms with Crippen molar-refractivity contribution in [1.29, 1.82) is 0 Å². The summed E-state index contributed by atoms with van der Waals surface area (Å²) in [5.74, 6) is 0.307. The molecule has 6 nitrogen and oxygen atoms in total. The highest BCUT2D eigenvalue weighted by Crippen LogP contribution is 2.24. The summed E-state index contributed by atoms with van der Waals surface area (Å²) < 4.78 is 23.6. The van der Waals surface area contributed by atoms with Crippen LogP contribution in [0.1, 0.15) is 18.1 Å². The van der Waals surface area contributed by atoms with Crippen LogP contribution in [-0.2, 0) is 27.4 Å². The fourth-order valence-electron chi connectivity index (χ4n) is 3.12. The highest BCUT2D eigenvalue weighted by molar-refractivity contribution is 14.0. The average Bonchev–Trinajstić information content (AvgIpc) is 2.99. The quantitative estimate of drug-likeness (QED) is 0.304. The van der Waals surface area contributed by atoms with E-state index < -0.39 is 0 Å². The van der Waals surface area contributed by atoms with Crippen molar-refractivity contribution in [3.05, 3.63) is 35.1 Å². The van der Waals surface area contributed by atoms with Gasteiger partial charge in [0.15, 0.2) is 5.96 Å². The van der Waals surface area contributed by atoms with E-state index >= 15 is 0 Å². The van der Waals surface area contributed by atoms with Gasteiger partial charge in [-0.25, -0.2) is 4.39 Å². The minimum atomic E-state index is -0.274. The summed E-state index contributed by atoms with van der Waals surface area (Å²) in [7, 11) is 4.66. The summed E-state index contributed by atoms with van der Waals surface area (Å²) in [6, 6.07) is 4.96. The Kier molecular flexibility index (Phi) is 9.28. The summed E-state index contributed by atoms with van der Waals surface area (Å²) in [5.41, 5.74) is 1.46. The molecular weight excluding hydrogens is 452 g/mol. The number of likely N-dealkylation sites (tertiary alicyclic amines) is 1. The Morgan fingerprint density at radius 2 is 2.12 bits per heavy atom. The molecule has 0 spiro atoms. The van der Waals surface area contributed by atoms with Crippen LogP contribution in [-0.4, -0.2) is 51.2 Å². The molecule has 146 valence electrons. The van der Waals surface area contributed by atoms with E-state index in [1.165, 1.54) is 13.2 Å². The largest absolute Gasteiger partial charge is 0.469 e. The SMILES string of the molecule is CN=C(NCc1ccc(F)c(COC)c1)N1CC(C)C(C(=O)OC)C1.I. The van der Waals surface area contributed by atoms with Crippen molar-refractivity contribution in [3.8, 4) is 0 Å². The fraction of sp³-hybridized carbons (Fsp3) is 0.556. The van der Waals surface area contributed by atoms with E-state index in [2.05, 4.69) is 10.3 Å². The highest BCUT2D eigenvalue weighted by atomic mass is 127. The molecule has 1 N–H and O–H groups in total. The van der Waals surface area contributed by atoms with Gasteiger partial charge in [-0.2, -0.15) is 0 Å². The molecule has 2 atom stereocenters. The van der Waals surface area contributed by atoms with Gasteiger partial charge in [-0.15, -0.1) is 24.0 Å². The van der Waals surface area contributed by atoms with Gasteiger partial charge in [0.25, 0.3) is 0 Å². The number of benzene rings is 1. The predicted octanol–water partition coefficient (Wildman–Crippen LogP) is 2.41. The maximum atomic E-state index is 13.7. The second-order valence-electron chi connectivity index (χ2n) is 6.27. The average molecular weight is 479 g/mol. The van der Waals surface area contributed by atoms with Gasteiger partial charge in [-0.3, -0.25) is 9.79 Å². The number of halogens is 2. The predicted molar refractivity (Wildman–Crippen MR) is 109 cm³/mol. The van der Waals surface area contributed by atoms with Crippen LogP contribution in [0.3, 0.4) is 0 Å². The smallest absolute Gasteiger partial charge is 0.310 e. The van der Waals surface area contributed by atoms with E-state index in [4.69, 9.17) is 9.47 Å². The zero-order valence-electron chi connectivity index (χ0n) is 15.6. The second kappa shape index (κ2) is 10.7. The van der Waals surface area contributed by atoms with Gasteiger partial charge in [-0.1, -0.05) is 13.0 Å². The fourth-order valence-corrected chi connectivity index (χ4v) is 3.12. The molecule has 8 heteroatoms. The van der Waals surface area contributed by atoms with E-state index in [9.17, 15) is 9.18 Å². The first-order valence-corrected chi connectivity index (χ1v) is 8.29. The van der Waals surface area contributed by atoms with Crippen LogP contribution < -0.4 is 5.32 Å². The number of guanidine groups is 1. The number of aliphatic imine (C=N–C) groups is 1. The number of hydrogen-bond acceptors (Lipinski definition) is 4. The van der Waals surface area contributed by atoms with E-state index in [0.717, 1.165) is 18.1 Å². The number of esters is 1. The Labute approximate surface area is 171 Å². The Morgan fingerprint density at radius 3 is 2.73 bits per heavy atom. The third-order valence-electron chi connectivity index (χ3n) is 4.49. The number of methoxy groups -OCH3 is 2. The zero-order chi connectivity index (χ0) is 18.4. The van der Waals surface area contributed by atoms with Gasteiger partial charge in [0.1, 0.15) is 5.82 Å². The molecule has 1 fully saturated rings. The second-order valence-corrected chi connectivity index (χ2v) is 6.27. The topological polar surface area (TPSA) is 63.2 Å². The third-order valence-corrected chi connectivity index (χ3v) is 4.49. The summed E-state index contributed by atoms with van der Waals surface area (Å²) in [4.78, 5) is 18.2. The van der Waals surface area contributed by atoms with Gasteiger partial charge in [0, 0.05) is 39.4 Å². The molecule has 0 aromatic heterocycles. The number of ether oxygens (including phenoxy) is 2. The van der Waals surface area contributed by atoms with Crippen molar-refractivity contribution in [3.63, 3.8) is 0 Å². The van der Waals surface area contributed by atoms with Gasteiger partial charge < -0.3 is 19.7 Å². The van der Waals surface area contributed by atoms with Gasteiger partial charge in [-0.05, 0) is 23.6 Å². The maximum Gasteiger partial charge on any atom is 0.310 e. The lowest BCUT2D eigenvalue weighted by Gasteiger charge is -2.21. The first kappa shape index (κ1) is 22.6. The zero-order valence-corrected chi connectivity index (χ0v) is 18.0. The van der Waals surface area contributed by atoms with Crippen LogP contribution in [0.15, 0.2) is 23.2 Å². The molecule has 2 unspecified atom stereocenters. The van der Waals surface area contributed by atoms with E-state index in [0.29, 0.717) is 18.7 Å². The molecule has 0 saturated carbocycles. The molecule has 0 aliphatic carbocycles. The molecule has 1 aromatic rings. The summed E-state index contributed by atoms with van der Waals surface area (Å²) in [6.07, 6.45) is 0. The van der Waals surface area contributed by atoms with Gasteiger partial charge >= 0.3 is 5.97 Å². The third kappa shape index (κ3) is 5.54. The molecule has 1 aliphatic heterocycles. The minimum absolute atomic E-state index is 0. The van der Waals surface area contributed by atoms with Gasteiger partial charge in [0.05, 0.1) is 19.6 Å². The number of carbonyl (C=O) groups excluding carboxylic acids is 1. The van der Waals surface area contributed by atoms with Crippen LogP contribution in [0.25, 0.3) is 0 Å². The number of rotatable bonds is 5. The molecule has 2 rings (SSSR count). The standard InChI is InChI=1S/C18H26FN3O3.HI/c1-12-9-22(10-15(12)17(23)25-4)18(20-2)21-8-13-5-6-16(19)14(7-13)11-24-3;/h5-7,12,15H,8-11H2,1-4H3,(H,20,21);1H. The number of nitrogens with zero attached hydrogens (tertiary/aromatic N) is 2. The molecule has 26 heavy (non-hydrogen) atoms.